The van der Waals surface area contributed by atoms with Crippen molar-refractivity contribution in [1.29, 1.82) is 0 Å². The smallest absolute Gasteiger partial charge is 0.293 e. The van der Waals surface area contributed by atoms with Crippen LogP contribution >= 0.6 is 11.8 Å². The minimum absolute atomic E-state index is 0.165. The van der Waals surface area contributed by atoms with Crippen molar-refractivity contribution in [1.82, 2.24) is 4.90 Å². The van der Waals surface area contributed by atoms with Gasteiger partial charge in [0.05, 0.1) is 18.3 Å². The highest BCUT2D eigenvalue weighted by Crippen LogP contribution is 2.38. The highest BCUT2D eigenvalue weighted by Gasteiger charge is 2.46. The average Bonchev–Trinajstić information content (AvgIpc) is 2.08. The van der Waals surface area contributed by atoms with Crippen LogP contribution in [0.5, 0.6) is 0 Å². The van der Waals surface area contributed by atoms with Gasteiger partial charge in [0.25, 0.3) is 6.47 Å². The van der Waals surface area contributed by atoms with Crippen LogP contribution in [0.4, 0.5) is 0 Å². The van der Waals surface area contributed by atoms with Crippen LogP contribution in [-0.4, -0.2) is 40.6 Å². The van der Waals surface area contributed by atoms with Gasteiger partial charge in [-0.3, -0.25) is 9.59 Å². The van der Waals surface area contributed by atoms with E-state index in [1.165, 1.54) is 0 Å². The highest BCUT2D eigenvalue weighted by atomic mass is 32.2. The summed E-state index contributed by atoms with van der Waals surface area (Å²) < 4.78 is 4.98. The summed E-state index contributed by atoms with van der Waals surface area (Å²) in [6, 6.07) is 0. The van der Waals surface area contributed by atoms with Crippen LogP contribution in [0.25, 0.3) is 0 Å². The van der Waals surface area contributed by atoms with Crippen molar-refractivity contribution >= 4 is 24.1 Å². The van der Waals surface area contributed by atoms with Gasteiger partial charge in [0.2, 0.25) is 5.91 Å². The Balaban J connectivity index is 2.02. The zero-order valence-corrected chi connectivity index (χ0v) is 8.17. The molecule has 0 radical (unpaired) electrons. The second-order valence-electron chi connectivity index (χ2n) is 3.66. The van der Waals surface area contributed by atoms with Crippen LogP contribution in [0.2, 0.25) is 0 Å². The van der Waals surface area contributed by atoms with Crippen molar-refractivity contribution in [3.05, 3.63) is 0 Å². The van der Waals surface area contributed by atoms with E-state index in [9.17, 15) is 9.59 Å². The fourth-order valence-corrected chi connectivity index (χ4v) is 2.97. The van der Waals surface area contributed by atoms with Crippen LogP contribution in [-0.2, 0) is 14.3 Å². The fraction of sp³-hybridized carbons (Fsp3) is 0.750. The van der Waals surface area contributed by atoms with Gasteiger partial charge >= 0.3 is 0 Å². The van der Waals surface area contributed by atoms with Gasteiger partial charge in [-0.25, -0.2) is 0 Å². The molecule has 13 heavy (non-hydrogen) atoms. The van der Waals surface area contributed by atoms with E-state index in [1.54, 1.807) is 16.7 Å². The van der Waals surface area contributed by atoms with Gasteiger partial charge in [-0.1, -0.05) is 0 Å². The third kappa shape index (κ3) is 1.41. The van der Waals surface area contributed by atoms with Gasteiger partial charge in [0, 0.05) is 5.75 Å². The van der Waals surface area contributed by atoms with Crippen LogP contribution in [0.15, 0.2) is 0 Å². The molecule has 4 nitrogen and oxygen atoms in total. The molecule has 2 aliphatic heterocycles. The minimum Gasteiger partial charge on any atom is -0.459 e. The van der Waals surface area contributed by atoms with Crippen molar-refractivity contribution in [3.63, 3.8) is 0 Å². The molecule has 0 aromatic carbocycles. The topological polar surface area (TPSA) is 46.6 Å². The summed E-state index contributed by atoms with van der Waals surface area (Å²) in [6.45, 7) is 2.86. The lowest BCUT2D eigenvalue weighted by Crippen LogP contribution is -2.61. The predicted octanol–water partition coefficient (Wildman–Crippen LogP) is 0.223. The van der Waals surface area contributed by atoms with E-state index in [4.69, 9.17) is 4.74 Å². The van der Waals surface area contributed by atoms with Gasteiger partial charge in [-0.2, -0.15) is 0 Å². The first-order chi connectivity index (χ1) is 6.14. The Kier molecular flexibility index (Phi) is 1.98. The zero-order chi connectivity index (χ0) is 9.47. The number of hydrogen-bond donors (Lipinski definition) is 0. The molecule has 2 heterocycles. The van der Waals surface area contributed by atoms with Crippen molar-refractivity contribution < 1.29 is 14.3 Å². The molecule has 2 aliphatic rings. The molecular formula is C8H11NO3S. The fourth-order valence-electron chi connectivity index (χ4n) is 1.63. The summed E-state index contributed by atoms with van der Waals surface area (Å²) in [5.41, 5.74) is -0.487. The number of carbonyl (C=O) groups is 2. The largest absolute Gasteiger partial charge is 0.459 e. The second-order valence-corrected chi connectivity index (χ2v) is 4.82. The lowest BCUT2D eigenvalue weighted by molar-refractivity contribution is -0.155. The Morgan fingerprint density at radius 2 is 2.54 bits per heavy atom. The molecular weight excluding hydrogens is 190 g/mol. The molecule has 0 aliphatic carbocycles. The van der Waals surface area contributed by atoms with E-state index in [-0.39, 0.29) is 5.91 Å². The molecule has 1 amide bonds. The number of rotatable bonds is 2. The second kappa shape index (κ2) is 2.90. The van der Waals surface area contributed by atoms with E-state index in [0.29, 0.717) is 24.8 Å². The third-order valence-electron chi connectivity index (χ3n) is 2.44. The molecule has 72 valence electrons. The van der Waals surface area contributed by atoms with Crippen LogP contribution in [0.1, 0.15) is 13.3 Å². The zero-order valence-electron chi connectivity index (χ0n) is 7.36. The van der Waals surface area contributed by atoms with Crippen LogP contribution in [0, 0.1) is 0 Å². The molecule has 2 rings (SSSR count). The Labute approximate surface area is 80.6 Å². The minimum atomic E-state index is -0.487. The average molecular weight is 201 g/mol. The molecule has 1 unspecified atom stereocenters. The first-order valence-electron chi connectivity index (χ1n) is 4.17. The molecule has 0 spiro atoms. The monoisotopic (exact) mass is 201 g/mol. The molecule has 2 saturated heterocycles. The lowest BCUT2D eigenvalue weighted by Gasteiger charge is -2.49. The summed E-state index contributed by atoms with van der Waals surface area (Å²) in [7, 11) is 0. The molecule has 0 aromatic rings. The number of amides is 1. The van der Waals surface area contributed by atoms with Gasteiger partial charge in [0.15, 0.2) is 0 Å². The van der Waals surface area contributed by atoms with Gasteiger partial charge in [-0.05, 0) is 6.92 Å². The summed E-state index contributed by atoms with van der Waals surface area (Å²) in [4.78, 5) is 23.1. The van der Waals surface area contributed by atoms with E-state index < -0.39 is 5.60 Å². The number of fused-ring (bicyclic) bond motifs is 1. The van der Waals surface area contributed by atoms with E-state index >= 15 is 0 Å². The van der Waals surface area contributed by atoms with E-state index in [2.05, 4.69) is 0 Å². The molecule has 0 bridgehead atoms. The predicted molar refractivity (Wildman–Crippen MR) is 48.1 cm³/mol. The summed E-state index contributed by atoms with van der Waals surface area (Å²) >= 11 is 1.68. The maximum atomic E-state index is 11.1. The van der Waals surface area contributed by atoms with E-state index in [0.717, 1.165) is 5.75 Å². The number of hydrogen-bond acceptors (Lipinski definition) is 4. The molecule has 2 fully saturated rings. The Bertz CT molecular complexity index is 258. The van der Waals surface area contributed by atoms with Crippen LogP contribution < -0.4 is 0 Å². The normalized spacial score (nSPS) is 37.8. The Morgan fingerprint density at radius 3 is 3.15 bits per heavy atom. The summed E-state index contributed by atoms with van der Waals surface area (Å²) in [5, 5.41) is 0.329. The number of ether oxygens (including phenoxy) is 1. The number of β-lactam (4-membered cyclic amide) rings is 1. The van der Waals surface area contributed by atoms with Crippen molar-refractivity contribution in [2.24, 2.45) is 0 Å². The SMILES string of the molecule is CC1(OC=O)CS[C@H]2CC(=O)N2C1. The molecule has 0 N–H and O–H groups in total. The number of nitrogens with zero attached hydrogens (tertiary/aromatic N) is 1. The van der Waals surface area contributed by atoms with Crippen molar-refractivity contribution in [2.45, 2.75) is 24.3 Å². The standard InChI is InChI=1S/C8H11NO3S/c1-8(12-5-10)3-9-6(11)2-7(9)13-4-8/h5,7H,2-4H2,1H3/t7-,8?/m0/s1. The first kappa shape index (κ1) is 8.87. The molecule has 2 atom stereocenters. The Hall–Kier alpha value is -0.710. The molecule has 0 aromatic heterocycles. The summed E-state index contributed by atoms with van der Waals surface area (Å²) in [6.07, 6.45) is 0.641. The van der Waals surface area contributed by atoms with Gasteiger partial charge in [0.1, 0.15) is 5.60 Å². The van der Waals surface area contributed by atoms with Crippen molar-refractivity contribution in [3.8, 4) is 0 Å². The lowest BCUT2D eigenvalue weighted by atomic mass is 10.0. The molecule has 0 saturated carbocycles. The molecule has 5 heteroatoms. The van der Waals surface area contributed by atoms with Crippen LogP contribution in [0.3, 0.4) is 0 Å². The Morgan fingerprint density at radius 1 is 1.77 bits per heavy atom. The highest BCUT2D eigenvalue weighted by molar-refractivity contribution is 8.00. The first-order valence-corrected chi connectivity index (χ1v) is 5.22. The number of thioether (sulfide) groups is 1. The van der Waals surface area contributed by atoms with Gasteiger partial charge in [-0.15, -0.1) is 11.8 Å². The number of carbonyl (C=O) groups excluding carboxylic acids is 2. The maximum absolute atomic E-state index is 11.1. The quantitative estimate of drug-likeness (QED) is 0.474. The van der Waals surface area contributed by atoms with Crippen molar-refractivity contribution in [2.75, 3.05) is 12.3 Å². The van der Waals surface area contributed by atoms with Gasteiger partial charge < -0.3 is 9.64 Å². The maximum Gasteiger partial charge on any atom is 0.293 e. The summed E-state index contributed by atoms with van der Waals surface area (Å²) in [5.74, 6) is 0.943. The van der Waals surface area contributed by atoms with E-state index in [1.807, 2.05) is 6.92 Å². The third-order valence-corrected chi connectivity index (χ3v) is 4.02.